The summed E-state index contributed by atoms with van der Waals surface area (Å²) >= 11 is 0. The molecule has 0 saturated heterocycles. The average Bonchev–Trinajstić information content (AvgIpc) is 3.83. The van der Waals surface area contributed by atoms with E-state index in [-0.39, 0.29) is 43.5 Å². The third-order valence-corrected chi connectivity index (χ3v) is 13.0. The van der Waals surface area contributed by atoms with Gasteiger partial charge in [-0.3, -0.25) is 58.1 Å². The molecular weight excluding hydrogens is 1030 g/mol. The molecule has 79 heavy (non-hydrogen) atoms. The van der Waals surface area contributed by atoms with Crippen LogP contribution >= 0.6 is 0 Å². The van der Waals surface area contributed by atoms with E-state index in [2.05, 4.69) is 31.6 Å². The van der Waals surface area contributed by atoms with Gasteiger partial charge in [-0.2, -0.15) is 0 Å². The van der Waals surface area contributed by atoms with E-state index >= 15 is 0 Å². The average molecular weight is 1100 g/mol. The lowest BCUT2D eigenvalue weighted by molar-refractivity contribution is -0.384. The van der Waals surface area contributed by atoms with Crippen LogP contribution in [0.4, 0.5) is 5.69 Å². The number of hydrogen-bond donors (Lipinski definition) is 11. The second-order valence-corrected chi connectivity index (χ2v) is 19.0. The normalized spacial score (nSPS) is 13.7. The minimum absolute atomic E-state index is 0.0221. The van der Waals surface area contributed by atoms with E-state index < -0.39 is 126 Å². The van der Waals surface area contributed by atoms with Crippen molar-refractivity contribution in [3.63, 3.8) is 0 Å². The number of aromatic nitrogens is 1. The quantitative estimate of drug-likeness (QED) is 0.0236. The summed E-state index contributed by atoms with van der Waals surface area (Å²) in [6.07, 6.45) is 1.36. The highest BCUT2D eigenvalue weighted by Gasteiger charge is 2.37. The number of amides is 8. The number of carbonyl (C=O) groups is 10. The van der Waals surface area contributed by atoms with E-state index in [1.165, 1.54) is 62.6 Å². The minimum atomic E-state index is -1.79. The number of aromatic amines is 1. The van der Waals surface area contributed by atoms with Gasteiger partial charge in [-0.15, -0.1) is 0 Å². The lowest BCUT2D eigenvalue weighted by Gasteiger charge is -2.31. The van der Waals surface area contributed by atoms with E-state index in [4.69, 9.17) is 11.5 Å². The fourth-order valence-electron chi connectivity index (χ4n) is 8.59. The molecule has 8 amide bonds. The van der Waals surface area contributed by atoms with Gasteiger partial charge in [-0.05, 0) is 47.7 Å². The van der Waals surface area contributed by atoms with Crippen LogP contribution in [-0.4, -0.2) is 157 Å². The third kappa shape index (κ3) is 18.9. The molecule has 0 bridgehead atoms. The molecule has 26 heteroatoms. The van der Waals surface area contributed by atoms with Crippen molar-refractivity contribution in [3.8, 4) is 5.75 Å². The Hall–Kier alpha value is -8.94. The number of H-pyrrole nitrogens is 1. The monoisotopic (exact) mass is 1100 g/mol. The van der Waals surface area contributed by atoms with Gasteiger partial charge in [0.1, 0.15) is 42.0 Å². The molecule has 0 radical (unpaired) electrons. The lowest BCUT2D eigenvalue weighted by Crippen LogP contribution is -2.59. The molecule has 426 valence electrons. The Labute approximate surface area is 454 Å². The number of carboxylic acid groups (broad SMARTS) is 2. The van der Waals surface area contributed by atoms with Crippen LogP contribution in [0.15, 0.2) is 79.0 Å². The topological polar surface area (TPSA) is 409 Å². The number of aromatic hydroxyl groups is 1. The number of nitrogens with zero attached hydrogens (tertiary/aromatic N) is 3. The predicted octanol–water partition coefficient (Wildman–Crippen LogP) is 0.661. The molecule has 0 aliphatic rings. The number of nitro benzene ring substituents is 1. The molecule has 0 unspecified atom stereocenters. The molecule has 0 aliphatic carbocycles. The minimum Gasteiger partial charge on any atom is -0.508 e. The maximum absolute atomic E-state index is 14.4. The molecule has 13 N–H and O–H groups in total. The van der Waals surface area contributed by atoms with Gasteiger partial charge in [0.15, 0.2) is 0 Å². The number of nitrogens with two attached hydrogens (primary N) is 2. The Morgan fingerprint density at radius 2 is 1.19 bits per heavy atom. The van der Waals surface area contributed by atoms with Crippen molar-refractivity contribution in [1.29, 1.82) is 0 Å². The number of nitrogens with one attached hydrogen (secondary N) is 6. The number of non-ortho nitro benzene ring substituents is 1. The van der Waals surface area contributed by atoms with Gasteiger partial charge in [0.05, 0.1) is 30.4 Å². The lowest BCUT2D eigenvalue weighted by atomic mass is 10.0. The Morgan fingerprint density at radius 3 is 1.80 bits per heavy atom. The Bertz CT molecular complexity index is 2820. The van der Waals surface area contributed by atoms with Gasteiger partial charge in [0.2, 0.25) is 47.3 Å². The van der Waals surface area contributed by atoms with Crippen LogP contribution in [-0.2, 0) is 67.2 Å². The highest BCUT2D eigenvalue weighted by atomic mass is 16.6. The number of carboxylic acids is 2. The van der Waals surface area contributed by atoms with Crippen LogP contribution in [0.1, 0.15) is 81.9 Å². The number of phenolic OH excluding ortho intramolecular Hbond substituents is 1. The number of benzene rings is 3. The number of fused-ring (bicyclic) bond motifs is 1. The van der Waals surface area contributed by atoms with E-state index in [1.54, 1.807) is 37.4 Å². The van der Waals surface area contributed by atoms with E-state index in [1.807, 2.05) is 6.92 Å². The fourth-order valence-corrected chi connectivity index (χ4v) is 8.59. The summed E-state index contributed by atoms with van der Waals surface area (Å²) in [5.41, 5.74) is 13.4. The molecule has 0 fully saturated rings. The molecule has 7 atom stereocenters. The summed E-state index contributed by atoms with van der Waals surface area (Å²) in [7, 11) is 2.50. The highest BCUT2D eigenvalue weighted by Crippen LogP contribution is 2.21. The predicted molar refractivity (Wildman–Crippen MR) is 285 cm³/mol. The maximum atomic E-state index is 14.4. The number of carbonyl (C=O) groups excluding carboxylic acids is 8. The van der Waals surface area contributed by atoms with Crippen LogP contribution in [0.3, 0.4) is 0 Å². The Balaban J connectivity index is 1.57. The zero-order chi connectivity index (χ0) is 58.5. The smallest absolute Gasteiger partial charge is 0.305 e. The fraction of sp³-hybridized carbons (Fsp3) is 0.434. The number of likely N-dealkylation sites (N-methyl/N-ethyl adjacent to an activating group) is 2. The first-order chi connectivity index (χ1) is 37.4. The number of rotatable bonds is 32. The molecule has 0 spiro atoms. The van der Waals surface area contributed by atoms with Crippen molar-refractivity contribution in [3.05, 3.63) is 106 Å². The molecule has 3 aromatic carbocycles. The van der Waals surface area contributed by atoms with Gasteiger partial charge in [-0.25, -0.2) is 0 Å². The standard InChI is InChI=1S/C53H69N11O15/c1-5-7-12-38(49(73)61-41(27-46(69)70)53(77)63(4)43(47(55)71)24-31-15-19-33(20-16-31)64(78)79)59-50(74)39(25-32-28-56-37-13-10-9-11-35(32)37)58-44(66)29-57-51(75)42(14-8-6-2)62(3)52(76)40(23-30-17-21-34(65)22-18-30)60-48(72)36(54)26-45(67)68/h9-11,13,15-22,28,36,38-43,56,65H,5-8,12,14,23-27,29,54H2,1-4H3,(H2,55,71)(H,57,75)(H,58,66)(H,59,74)(H,60,72)(H,61,73)(H,67,68)(H,69,70)/t36-,38-,39-,40-,41-,42-,43-/m0/s1. The summed E-state index contributed by atoms with van der Waals surface area (Å²) in [5.74, 6) is -10.2. The van der Waals surface area contributed by atoms with Crippen LogP contribution in [0.5, 0.6) is 5.75 Å². The van der Waals surface area contributed by atoms with Gasteiger partial charge < -0.3 is 68.2 Å². The SMILES string of the molecule is CCCC[C@H](NC(=O)[C@H](Cc1c[nH]c2ccccc12)NC(=O)CNC(=O)[C@H](CCCC)N(C)C(=O)[C@H](Cc1ccc(O)cc1)NC(=O)[C@@H](N)CC(=O)O)C(=O)N[C@@H](CC(=O)O)C(=O)N(C)[C@@H](Cc1ccc([N+](=O)[O-])cc1)C(N)=O. The summed E-state index contributed by atoms with van der Waals surface area (Å²) in [4.78, 5) is 149. The van der Waals surface area contributed by atoms with Crippen LogP contribution in [0.25, 0.3) is 10.9 Å². The maximum Gasteiger partial charge on any atom is 0.305 e. The van der Waals surface area contributed by atoms with Crippen molar-refractivity contribution in [1.82, 2.24) is 41.4 Å². The van der Waals surface area contributed by atoms with Crippen molar-refractivity contribution in [2.75, 3.05) is 20.6 Å². The van der Waals surface area contributed by atoms with Crippen molar-refractivity contribution >= 4 is 75.8 Å². The molecule has 0 aliphatic heterocycles. The molecule has 4 rings (SSSR count). The summed E-state index contributed by atoms with van der Waals surface area (Å²) in [6, 6.07) is 7.80. The molecular formula is C53H69N11O15. The zero-order valence-electron chi connectivity index (χ0n) is 44.3. The summed E-state index contributed by atoms with van der Waals surface area (Å²) < 4.78 is 0. The second-order valence-electron chi connectivity index (χ2n) is 19.0. The van der Waals surface area contributed by atoms with Gasteiger partial charge in [-0.1, -0.05) is 82.0 Å². The molecule has 4 aromatic rings. The Morgan fingerprint density at radius 1 is 0.646 bits per heavy atom. The van der Waals surface area contributed by atoms with E-state index in [0.29, 0.717) is 53.3 Å². The summed E-state index contributed by atoms with van der Waals surface area (Å²) in [5, 5.41) is 53.5. The van der Waals surface area contributed by atoms with E-state index in [9.17, 15) is 73.4 Å². The third-order valence-electron chi connectivity index (χ3n) is 13.0. The van der Waals surface area contributed by atoms with Crippen LogP contribution in [0.2, 0.25) is 0 Å². The number of hydrogen-bond acceptors (Lipinski definition) is 14. The van der Waals surface area contributed by atoms with Crippen LogP contribution < -0.4 is 38.1 Å². The number of phenols is 1. The number of primary amides is 1. The van der Waals surface area contributed by atoms with Crippen molar-refractivity contribution in [2.24, 2.45) is 11.5 Å². The first-order valence-corrected chi connectivity index (χ1v) is 25.5. The first kappa shape index (κ1) is 62.6. The number of nitro groups is 1. The van der Waals surface area contributed by atoms with Crippen molar-refractivity contribution in [2.45, 2.75) is 127 Å². The first-order valence-electron chi connectivity index (χ1n) is 25.5. The van der Waals surface area contributed by atoms with Crippen molar-refractivity contribution < 1.29 is 68.2 Å². The number of aliphatic carboxylic acids is 2. The highest BCUT2D eigenvalue weighted by molar-refractivity contribution is 5.98. The van der Waals surface area contributed by atoms with Gasteiger partial charge in [0, 0.05) is 62.6 Å². The number of unbranched alkanes of at least 4 members (excludes halogenated alkanes) is 2. The van der Waals surface area contributed by atoms with Gasteiger partial charge in [0.25, 0.3) is 5.69 Å². The second kappa shape index (κ2) is 30.1. The summed E-state index contributed by atoms with van der Waals surface area (Å²) in [6.45, 7) is 2.93. The van der Waals surface area contributed by atoms with Crippen LogP contribution in [0, 0.1) is 10.1 Å². The van der Waals surface area contributed by atoms with E-state index in [0.717, 1.165) is 9.80 Å². The molecule has 1 aromatic heterocycles. The Kier molecular flexibility index (Phi) is 23.9. The molecule has 0 saturated carbocycles. The van der Waals surface area contributed by atoms with Gasteiger partial charge >= 0.3 is 11.9 Å². The molecule has 1 heterocycles. The zero-order valence-corrected chi connectivity index (χ0v) is 44.3. The largest absolute Gasteiger partial charge is 0.508 e. The molecule has 26 nitrogen and oxygen atoms in total. The number of para-hydroxylation sites is 1.